The van der Waals surface area contributed by atoms with E-state index in [4.69, 9.17) is 9.47 Å². The summed E-state index contributed by atoms with van der Waals surface area (Å²) < 4.78 is 10.4. The molecule has 2 heteroatoms. The molecule has 4 atom stereocenters. The molecule has 2 saturated carbocycles. The Labute approximate surface area is 140 Å². The number of hydrogen-bond donors (Lipinski definition) is 0. The lowest BCUT2D eigenvalue weighted by atomic mass is 10.0. The fraction of sp³-hybridized carbons (Fsp3) is 0.619. The van der Waals surface area contributed by atoms with Gasteiger partial charge in [0.05, 0.1) is 24.4 Å². The van der Waals surface area contributed by atoms with Crippen LogP contribution in [0.5, 0.6) is 0 Å². The molecule has 23 heavy (non-hydrogen) atoms. The maximum atomic E-state index is 5.28. The average Bonchev–Trinajstić information content (AvgIpc) is 3.23. The maximum absolute atomic E-state index is 5.28. The Morgan fingerprint density at radius 3 is 1.04 bits per heavy atom. The van der Waals surface area contributed by atoms with Crippen LogP contribution < -0.4 is 0 Å². The second-order valence-electron chi connectivity index (χ2n) is 6.83. The van der Waals surface area contributed by atoms with Gasteiger partial charge in [-0.2, -0.15) is 0 Å². The van der Waals surface area contributed by atoms with Crippen molar-refractivity contribution in [3.8, 4) is 0 Å². The van der Waals surface area contributed by atoms with Crippen molar-refractivity contribution in [1.82, 2.24) is 0 Å². The van der Waals surface area contributed by atoms with Gasteiger partial charge in [0.2, 0.25) is 0 Å². The molecule has 4 fully saturated rings. The van der Waals surface area contributed by atoms with Gasteiger partial charge in [0.1, 0.15) is 0 Å². The van der Waals surface area contributed by atoms with E-state index >= 15 is 0 Å². The molecule has 4 unspecified atom stereocenters. The summed E-state index contributed by atoms with van der Waals surface area (Å²) in [6.07, 6.45) is 31.4. The van der Waals surface area contributed by atoms with Gasteiger partial charge in [0, 0.05) is 0 Å². The largest absolute Gasteiger partial charge is 0.370 e. The minimum Gasteiger partial charge on any atom is -0.370 e. The molecule has 2 saturated heterocycles. The number of fused-ring (bicyclic) bond motifs is 2. The summed E-state index contributed by atoms with van der Waals surface area (Å²) in [5.41, 5.74) is 0. The van der Waals surface area contributed by atoms with E-state index < -0.39 is 0 Å². The second-order valence-corrected chi connectivity index (χ2v) is 6.83. The minimum absolute atomic E-state index is 0.703. The smallest absolute Gasteiger partial charge is 0.0841 e. The number of hydrogen-bond acceptors (Lipinski definition) is 2. The SMILES string of the molecule is C1=CCC=C1.C1=CCC=C1.C1CC2OC2C1.C1CCC2OC2C1. The first-order valence-corrected chi connectivity index (χ1v) is 9.38. The standard InChI is InChI=1S/C6H10O.C5H8O.2C5H6/c1-2-4-6-5(3-1)7-6;1-2-4-5(3-1)6-4;2*1-2-4-5-3-1/h5-6H,1-4H2;4-5H,1-3H2;2*1-4H,5H2. The summed E-state index contributed by atoms with van der Waals surface area (Å²) in [5, 5.41) is 0. The highest BCUT2D eigenvalue weighted by molar-refractivity contribution is 5.12. The van der Waals surface area contributed by atoms with Crippen LogP contribution in [0.4, 0.5) is 0 Å². The zero-order valence-electron chi connectivity index (χ0n) is 14.1. The van der Waals surface area contributed by atoms with Crippen molar-refractivity contribution in [2.75, 3.05) is 0 Å². The van der Waals surface area contributed by atoms with E-state index in [2.05, 4.69) is 48.6 Å². The van der Waals surface area contributed by atoms with Gasteiger partial charge in [-0.1, -0.05) is 61.4 Å². The number of allylic oxidation sites excluding steroid dienone is 8. The van der Waals surface area contributed by atoms with E-state index in [1.807, 2.05) is 0 Å². The lowest BCUT2D eigenvalue weighted by Gasteiger charge is -2.00. The number of rotatable bonds is 0. The zero-order valence-corrected chi connectivity index (χ0v) is 14.1. The average molecular weight is 314 g/mol. The van der Waals surface area contributed by atoms with Crippen LogP contribution in [0.1, 0.15) is 57.8 Å². The molecule has 0 amide bonds. The van der Waals surface area contributed by atoms with Gasteiger partial charge in [0.25, 0.3) is 0 Å². The minimum atomic E-state index is 0.703. The molecular formula is C21H30O2. The fourth-order valence-corrected chi connectivity index (χ4v) is 3.37. The summed E-state index contributed by atoms with van der Waals surface area (Å²) in [6, 6.07) is 0. The van der Waals surface area contributed by atoms with Crippen LogP contribution in [0.3, 0.4) is 0 Å². The van der Waals surface area contributed by atoms with Crippen LogP contribution in [-0.2, 0) is 9.47 Å². The Hall–Kier alpha value is -1.12. The molecule has 0 aromatic rings. The Morgan fingerprint density at radius 2 is 0.826 bits per heavy atom. The molecule has 0 N–H and O–H groups in total. The summed E-state index contributed by atoms with van der Waals surface area (Å²) in [4.78, 5) is 0. The molecule has 2 aliphatic heterocycles. The van der Waals surface area contributed by atoms with E-state index in [0.717, 1.165) is 12.8 Å². The van der Waals surface area contributed by atoms with E-state index in [-0.39, 0.29) is 0 Å². The van der Waals surface area contributed by atoms with Crippen LogP contribution >= 0.6 is 0 Å². The van der Waals surface area contributed by atoms with Crippen LogP contribution in [0.15, 0.2) is 48.6 Å². The monoisotopic (exact) mass is 314 g/mol. The van der Waals surface area contributed by atoms with Crippen molar-refractivity contribution in [2.45, 2.75) is 82.2 Å². The Morgan fingerprint density at radius 1 is 0.478 bits per heavy atom. The Balaban J connectivity index is 0.0000000917. The van der Waals surface area contributed by atoms with Gasteiger partial charge in [-0.15, -0.1) is 0 Å². The van der Waals surface area contributed by atoms with Gasteiger partial charge >= 0.3 is 0 Å². The molecule has 4 aliphatic carbocycles. The molecule has 2 nitrogen and oxygen atoms in total. The van der Waals surface area contributed by atoms with Crippen molar-refractivity contribution in [3.63, 3.8) is 0 Å². The number of ether oxygens (including phenoxy) is 2. The van der Waals surface area contributed by atoms with Crippen molar-refractivity contribution in [1.29, 1.82) is 0 Å². The molecule has 0 radical (unpaired) electrons. The molecule has 0 spiro atoms. The topological polar surface area (TPSA) is 25.1 Å². The van der Waals surface area contributed by atoms with Crippen LogP contribution in [0.25, 0.3) is 0 Å². The molecule has 126 valence electrons. The molecule has 6 rings (SSSR count). The van der Waals surface area contributed by atoms with Gasteiger partial charge in [0.15, 0.2) is 0 Å². The zero-order chi connectivity index (χ0) is 15.7. The third-order valence-corrected chi connectivity index (χ3v) is 4.89. The van der Waals surface area contributed by atoms with Crippen LogP contribution in [0, 0.1) is 0 Å². The Kier molecular flexibility index (Phi) is 6.72. The van der Waals surface area contributed by atoms with Crippen molar-refractivity contribution in [2.24, 2.45) is 0 Å². The highest BCUT2D eigenvalue weighted by Gasteiger charge is 2.42. The van der Waals surface area contributed by atoms with E-state index in [9.17, 15) is 0 Å². The first-order valence-electron chi connectivity index (χ1n) is 9.38. The van der Waals surface area contributed by atoms with E-state index in [1.54, 1.807) is 0 Å². The summed E-state index contributed by atoms with van der Waals surface area (Å²) in [5.74, 6) is 0. The second kappa shape index (κ2) is 9.24. The first-order chi connectivity index (χ1) is 11.4. The number of epoxide rings is 2. The predicted molar refractivity (Wildman–Crippen MR) is 95.4 cm³/mol. The summed E-state index contributed by atoms with van der Waals surface area (Å²) in [6.45, 7) is 0. The van der Waals surface area contributed by atoms with Crippen molar-refractivity contribution >= 4 is 0 Å². The van der Waals surface area contributed by atoms with Gasteiger partial charge in [-0.25, -0.2) is 0 Å². The van der Waals surface area contributed by atoms with E-state index in [1.165, 1.54) is 44.9 Å². The molecule has 6 aliphatic rings. The Bertz CT molecular complexity index is 400. The van der Waals surface area contributed by atoms with Gasteiger partial charge < -0.3 is 9.47 Å². The van der Waals surface area contributed by atoms with Crippen molar-refractivity contribution < 1.29 is 9.47 Å². The predicted octanol–water partition coefficient (Wildman–Crippen LogP) is 5.27. The molecule has 0 aromatic heterocycles. The molecule has 0 bridgehead atoms. The third-order valence-electron chi connectivity index (χ3n) is 4.89. The van der Waals surface area contributed by atoms with Gasteiger partial charge in [-0.05, 0) is 44.9 Å². The molecule has 2 heterocycles. The highest BCUT2D eigenvalue weighted by Crippen LogP contribution is 2.37. The highest BCUT2D eigenvalue weighted by atomic mass is 16.6. The van der Waals surface area contributed by atoms with Crippen molar-refractivity contribution in [3.05, 3.63) is 48.6 Å². The third kappa shape index (κ3) is 6.48. The van der Waals surface area contributed by atoms with Gasteiger partial charge in [-0.3, -0.25) is 0 Å². The first kappa shape index (κ1) is 16.7. The quantitative estimate of drug-likeness (QED) is 0.569. The maximum Gasteiger partial charge on any atom is 0.0841 e. The lowest BCUT2D eigenvalue weighted by molar-refractivity contribution is 0.322. The van der Waals surface area contributed by atoms with Crippen LogP contribution in [0.2, 0.25) is 0 Å². The molecule has 0 aromatic carbocycles. The molecular weight excluding hydrogens is 284 g/mol. The lowest BCUT2D eigenvalue weighted by Crippen LogP contribution is -2.00. The fourth-order valence-electron chi connectivity index (χ4n) is 3.37. The van der Waals surface area contributed by atoms with Crippen LogP contribution in [-0.4, -0.2) is 24.4 Å². The normalized spacial score (nSPS) is 35.8. The van der Waals surface area contributed by atoms with E-state index in [0.29, 0.717) is 24.4 Å². The summed E-state index contributed by atoms with van der Waals surface area (Å²) >= 11 is 0. The summed E-state index contributed by atoms with van der Waals surface area (Å²) in [7, 11) is 0.